The van der Waals surface area contributed by atoms with Crippen LogP contribution in [0.5, 0.6) is 11.5 Å². The lowest BCUT2D eigenvalue weighted by Gasteiger charge is -2.26. The Balaban J connectivity index is 1.77. The number of ether oxygens (including phenoxy) is 3. The first-order valence-electron chi connectivity index (χ1n) is 11.5. The maximum atomic E-state index is 13.2. The number of aliphatic hydroxyl groups excluding tert-OH is 1. The summed E-state index contributed by atoms with van der Waals surface area (Å²) in [5.41, 5.74) is 1.29. The molecule has 2 aromatic carbocycles. The van der Waals surface area contributed by atoms with E-state index in [0.29, 0.717) is 54.4 Å². The van der Waals surface area contributed by atoms with Gasteiger partial charge in [0.1, 0.15) is 19.0 Å². The molecular formula is C26H29N2O7+. The molecule has 1 atom stereocenters. The van der Waals surface area contributed by atoms with Crippen molar-refractivity contribution in [3.05, 3.63) is 64.7 Å². The first-order chi connectivity index (χ1) is 16.8. The number of nitrogens with zero attached hydrogens (tertiary/aromatic N) is 1. The number of hydrogen-bond donors (Lipinski definition) is 2. The Morgan fingerprint density at radius 1 is 1.06 bits per heavy atom. The second-order valence-electron chi connectivity index (χ2n) is 8.78. The van der Waals surface area contributed by atoms with Gasteiger partial charge in [0.25, 0.3) is 11.7 Å². The third-order valence-electron chi connectivity index (χ3n) is 6.08. The van der Waals surface area contributed by atoms with Crippen molar-refractivity contribution in [1.29, 1.82) is 0 Å². The van der Waals surface area contributed by atoms with Gasteiger partial charge in [-0.2, -0.15) is 0 Å². The van der Waals surface area contributed by atoms with Crippen molar-refractivity contribution in [3.8, 4) is 11.5 Å². The van der Waals surface area contributed by atoms with Crippen LogP contribution in [0.25, 0.3) is 5.76 Å². The summed E-state index contributed by atoms with van der Waals surface area (Å²) in [6.07, 6.45) is 0.677. The number of nitrogens with one attached hydrogen (secondary N) is 1. The highest BCUT2D eigenvalue weighted by atomic mass is 16.6. The molecule has 184 valence electrons. The van der Waals surface area contributed by atoms with E-state index in [1.165, 1.54) is 16.9 Å². The minimum absolute atomic E-state index is 0.00491. The third-order valence-corrected chi connectivity index (χ3v) is 6.08. The molecule has 0 saturated carbocycles. The van der Waals surface area contributed by atoms with Gasteiger partial charge in [0.2, 0.25) is 0 Å². The number of aliphatic hydroxyl groups is 1. The minimum atomic E-state index is -0.799. The second kappa shape index (κ2) is 10.2. The van der Waals surface area contributed by atoms with E-state index in [0.717, 1.165) is 6.54 Å². The molecule has 0 radical (unpaired) electrons. The zero-order chi connectivity index (χ0) is 25.1. The number of amides is 1. The Hall–Kier alpha value is -3.85. The Labute approximate surface area is 203 Å². The Kier molecular flexibility index (Phi) is 7.07. The summed E-state index contributed by atoms with van der Waals surface area (Å²) < 4.78 is 15.9. The first-order valence-corrected chi connectivity index (χ1v) is 11.5. The highest BCUT2D eigenvalue weighted by Crippen LogP contribution is 2.41. The van der Waals surface area contributed by atoms with Crippen LogP contribution in [-0.4, -0.2) is 75.2 Å². The zero-order valence-corrected chi connectivity index (χ0v) is 20.0. The van der Waals surface area contributed by atoms with Gasteiger partial charge in [-0.3, -0.25) is 9.59 Å². The smallest absolute Gasteiger partial charge is 0.337 e. The van der Waals surface area contributed by atoms with Gasteiger partial charge >= 0.3 is 5.97 Å². The Morgan fingerprint density at radius 2 is 1.71 bits per heavy atom. The molecular weight excluding hydrogens is 452 g/mol. The number of hydrogen-bond acceptors (Lipinski definition) is 7. The van der Waals surface area contributed by atoms with E-state index in [-0.39, 0.29) is 11.3 Å². The normalized spacial score (nSPS) is 18.7. The zero-order valence-electron chi connectivity index (χ0n) is 20.0. The summed E-state index contributed by atoms with van der Waals surface area (Å²) in [6, 6.07) is 10.6. The third kappa shape index (κ3) is 4.85. The van der Waals surface area contributed by atoms with Crippen molar-refractivity contribution in [1.82, 2.24) is 4.90 Å². The summed E-state index contributed by atoms with van der Waals surface area (Å²) in [7, 11) is 5.32. The number of rotatable bonds is 7. The van der Waals surface area contributed by atoms with Gasteiger partial charge in [0.05, 0.1) is 44.9 Å². The molecule has 1 fully saturated rings. The first kappa shape index (κ1) is 24.3. The monoisotopic (exact) mass is 481 g/mol. The Bertz CT molecular complexity index is 1170. The maximum absolute atomic E-state index is 13.2. The van der Waals surface area contributed by atoms with E-state index in [9.17, 15) is 19.5 Å². The molecule has 2 heterocycles. The predicted octanol–water partition coefficient (Wildman–Crippen LogP) is 1.20. The van der Waals surface area contributed by atoms with Crippen LogP contribution >= 0.6 is 0 Å². The molecule has 9 nitrogen and oxygen atoms in total. The van der Waals surface area contributed by atoms with E-state index in [2.05, 4.69) is 0 Å². The lowest BCUT2D eigenvalue weighted by molar-refractivity contribution is -0.858. The lowest BCUT2D eigenvalue weighted by atomic mass is 9.94. The molecule has 0 spiro atoms. The quantitative estimate of drug-likeness (QED) is 0.265. The van der Waals surface area contributed by atoms with Gasteiger partial charge in [0.15, 0.2) is 11.5 Å². The minimum Gasteiger partial charge on any atom is -0.507 e. The summed E-state index contributed by atoms with van der Waals surface area (Å²) >= 11 is 0. The molecule has 0 bridgehead atoms. The molecule has 1 saturated heterocycles. The van der Waals surface area contributed by atoms with E-state index in [4.69, 9.17) is 14.2 Å². The largest absolute Gasteiger partial charge is 0.507 e. The molecule has 9 heteroatoms. The number of carbonyl (C=O) groups excluding carboxylic acids is 3. The molecule has 0 aromatic heterocycles. The molecule has 2 aliphatic heterocycles. The van der Waals surface area contributed by atoms with Crippen LogP contribution in [-0.2, 0) is 14.3 Å². The lowest BCUT2D eigenvalue weighted by Crippen LogP contribution is -3.05. The fraction of sp³-hybridized carbons (Fsp3) is 0.346. The molecule has 2 aromatic rings. The molecule has 0 aliphatic carbocycles. The number of Topliss-reactive ketones (excluding diaryl/α,β-unsaturated/α-hetero) is 1. The maximum Gasteiger partial charge on any atom is 0.337 e. The van der Waals surface area contributed by atoms with Crippen LogP contribution in [0.4, 0.5) is 0 Å². The Morgan fingerprint density at radius 3 is 2.37 bits per heavy atom. The second-order valence-corrected chi connectivity index (χ2v) is 8.78. The van der Waals surface area contributed by atoms with E-state index in [1.54, 1.807) is 42.5 Å². The number of carbonyl (C=O) groups is 3. The van der Waals surface area contributed by atoms with E-state index in [1.807, 2.05) is 14.1 Å². The highest BCUT2D eigenvalue weighted by Gasteiger charge is 2.46. The van der Waals surface area contributed by atoms with Crippen LogP contribution in [0, 0.1) is 0 Å². The van der Waals surface area contributed by atoms with Gasteiger partial charge in [-0.25, -0.2) is 4.79 Å². The van der Waals surface area contributed by atoms with E-state index >= 15 is 0 Å². The summed E-state index contributed by atoms with van der Waals surface area (Å²) in [6.45, 7) is 1.96. The predicted molar refractivity (Wildman–Crippen MR) is 127 cm³/mol. The van der Waals surface area contributed by atoms with Crippen molar-refractivity contribution >= 4 is 23.4 Å². The van der Waals surface area contributed by atoms with Crippen LogP contribution in [0.3, 0.4) is 0 Å². The SMILES string of the molecule is COC(=O)c1ccc([C@@H]2/C(=C(/O)c3ccc4c(c3)OCCO4)C(=O)C(=O)N2CCC[NH+](C)C)cc1. The van der Waals surface area contributed by atoms with Crippen molar-refractivity contribution in [2.75, 3.05) is 47.5 Å². The topological polar surface area (TPSA) is 107 Å². The molecule has 4 rings (SSSR count). The molecule has 1 amide bonds. The number of methoxy groups -OCH3 is 1. The summed E-state index contributed by atoms with van der Waals surface area (Å²) in [5, 5.41) is 11.3. The van der Waals surface area contributed by atoms with Crippen LogP contribution in [0.1, 0.15) is 33.9 Å². The van der Waals surface area contributed by atoms with Crippen molar-refractivity contribution in [3.63, 3.8) is 0 Å². The standard InChI is InChI=1S/C26H28N2O7/c1-27(2)11-4-12-28-22(16-5-7-17(8-6-16)26(32)33-3)21(24(30)25(28)31)23(29)18-9-10-19-20(15-18)35-14-13-34-19/h5-10,15,22,29H,4,11-14H2,1-3H3/p+1/b23-21-/t22-/m1/s1. The molecule has 35 heavy (non-hydrogen) atoms. The summed E-state index contributed by atoms with van der Waals surface area (Å²) in [4.78, 5) is 40.8. The fourth-order valence-corrected chi connectivity index (χ4v) is 4.33. The van der Waals surface area contributed by atoms with Crippen LogP contribution in [0.2, 0.25) is 0 Å². The number of fused-ring (bicyclic) bond motifs is 1. The van der Waals surface area contributed by atoms with Crippen LogP contribution < -0.4 is 14.4 Å². The highest BCUT2D eigenvalue weighted by molar-refractivity contribution is 6.46. The number of ketones is 1. The number of esters is 1. The average molecular weight is 482 g/mol. The van der Waals surface area contributed by atoms with Gasteiger partial charge in [-0.05, 0) is 35.9 Å². The van der Waals surface area contributed by atoms with Gasteiger partial charge < -0.3 is 29.1 Å². The van der Waals surface area contributed by atoms with Crippen molar-refractivity contribution < 1.29 is 38.6 Å². The number of likely N-dealkylation sites (tertiary alicyclic amines) is 1. The average Bonchev–Trinajstić information content (AvgIpc) is 3.12. The number of benzene rings is 2. The van der Waals surface area contributed by atoms with Gasteiger partial charge in [0, 0.05) is 18.5 Å². The molecule has 2 aliphatic rings. The summed E-state index contributed by atoms with van der Waals surface area (Å²) in [5.74, 6) is -1.19. The van der Waals surface area contributed by atoms with Crippen molar-refractivity contribution in [2.45, 2.75) is 12.5 Å². The van der Waals surface area contributed by atoms with E-state index < -0.39 is 23.7 Å². The molecule has 0 unspecified atom stereocenters. The molecule has 2 N–H and O–H groups in total. The van der Waals surface area contributed by atoms with Crippen molar-refractivity contribution in [2.24, 2.45) is 0 Å². The van der Waals surface area contributed by atoms with Crippen LogP contribution in [0.15, 0.2) is 48.0 Å². The van der Waals surface area contributed by atoms with Gasteiger partial charge in [-0.1, -0.05) is 12.1 Å². The fourth-order valence-electron chi connectivity index (χ4n) is 4.33. The van der Waals surface area contributed by atoms with Gasteiger partial charge in [-0.15, -0.1) is 0 Å². The number of quaternary nitrogens is 1.